The van der Waals surface area contributed by atoms with Crippen molar-refractivity contribution in [2.75, 3.05) is 6.61 Å². The number of fused-ring (bicyclic) bond motifs is 1. The molecular formula is C16H26O3. The van der Waals surface area contributed by atoms with Crippen LogP contribution in [0.4, 0.5) is 0 Å². The summed E-state index contributed by atoms with van der Waals surface area (Å²) in [7, 11) is 0. The van der Waals surface area contributed by atoms with E-state index in [2.05, 4.69) is 27.4 Å². The molecule has 2 N–H and O–H groups in total. The van der Waals surface area contributed by atoms with Crippen LogP contribution in [-0.2, 0) is 4.74 Å². The number of rotatable bonds is 0. The van der Waals surface area contributed by atoms with Crippen LogP contribution >= 0.6 is 0 Å². The average Bonchev–Trinajstić information content (AvgIpc) is 2.74. The number of aliphatic hydroxyl groups is 2. The van der Waals surface area contributed by atoms with Gasteiger partial charge in [-0.2, -0.15) is 0 Å². The molecular weight excluding hydrogens is 240 g/mol. The van der Waals surface area contributed by atoms with Crippen LogP contribution < -0.4 is 0 Å². The van der Waals surface area contributed by atoms with Crippen LogP contribution in [0.1, 0.15) is 40.0 Å². The molecule has 3 fully saturated rings. The molecule has 0 aromatic rings. The standard InChI is InChI=1S/C16H26O3/c1-9-5-13(17)6-12-7-16(14(18)15(9,12)4)10(2)8-19-11(16)3/h9,11-14,17-18H,2,5-8H2,1,3-4H3/t9?,11-,12?,13?,14?,15?,16?/m1/s1. The third-order valence-electron chi connectivity index (χ3n) is 6.68. The molecule has 108 valence electrons. The highest BCUT2D eigenvalue weighted by Crippen LogP contribution is 2.65. The maximum absolute atomic E-state index is 11.1. The lowest BCUT2D eigenvalue weighted by Crippen LogP contribution is -2.49. The molecule has 0 amide bonds. The minimum Gasteiger partial charge on any atom is -0.393 e. The summed E-state index contributed by atoms with van der Waals surface area (Å²) in [4.78, 5) is 0. The Hall–Kier alpha value is -0.380. The van der Waals surface area contributed by atoms with E-state index in [9.17, 15) is 10.2 Å². The number of ether oxygens (including phenoxy) is 1. The van der Waals surface area contributed by atoms with E-state index >= 15 is 0 Å². The summed E-state index contributed by atoms with van der Waals surface area (Å²) < 4.78 is 5.76. The largest absolute Gasteiger partial charge is 0.393 e. The monoisotopic (exact) mass is 266 g/mol. The van der Waals surface area contributed by atoms with E-state index in [1.54, 1.807) is 0 Å². The van der Waals surface area contributed by atoms with Gasteiger partial charge in [0.05, 0.1) is 24.9 Å². The van der Waals surface area contributed by atoms with E-state index in [-0.39, 0.29) is 23.0 Å². The van der Waals surface area contributed by atoms with Crippen molar-refractivity contribution in [3.8, 4) is 0 Å². The van der Waals surface area contributed by atoms with Gasteiger partial charge in [0.2, 0.25) is 0 Å². The molecule has 2 aliphatic carbocycles. The van der Waals surface area contributed by atoms with Gasteiger partial charge in [0.25, 0.3) is 0 Å². The van der Waals surface area contributed by atoms with Gasteiger partial charge in [-0.25, -0.2) is 0 Å². The van der Waals surface area contributed by atoms with Gasteiger partial charge in [0, 0.05) is 10.8 Å². The van der Waals surface area contributed by atoms with Crippen molar-refractivity contribution in [2.45, 2.75) is 58.3 Å². The first-order valence-electron chi connectivity index (χ1n) is 7.49. The Balaban J connectivity index is 2.03. The fourth-order valence-electron chi connectivity index (χ4n) is 5.14. The lowest BCUT2D eigenvalue weighted by molar-refractivity contribution is -0.0932. The molecule has 0 bridgehead atoms. The molecule has 3 aliphatic rings. The first-order valence-corrected chi connectivity index (χ1v) is 7.49. The van der Waals surface area contributed by atoms with Gasteiger partial charge >= 0.3 is 0 Å². The van der Waals surface area contributed by atoms with E-state index in [0.29, 0.717) is 18.4 Å². The summed E-state index contributed by atoms with van der Waals surface area (Å²) in [5, 5.41) is 21.2. The quantitative estimate of drug-likeness (QED) is 0.660. The highest BCUT2D eigenvalue weighted by atomic mass is 16.5. The van der Waals surface area contributed by atoms with Crippen molar-refractivity contribution in [3.63, 3.8) is 0 Å². The second-order valence-corrected chi connectivity index (χ2v) is 7.29. The zero-order chi connectivity index (χ0) is 14.0. The van der Waals surface area contributed by atoms with Gasteiger partial charge in [-0.15, -0.1) is 0 Å². The summed E-state index contributed by atoms with van der Waals surface area (Å²) in [5.74, 6) is 0.693. The van der Waals surface area contributed by atoms with Crippen molar-refractivity contribution in [2.24, 2.45) is 22.7 Å². The Bertz CT molecular complexity index is 407. The van der Waals surface area contributed by atoms with Crippen molar-refractivity contribution in [3.05, 3.63) is 12.2 Å². The first kappa shape index (κ1) is 13.6. The molecule has 3 rings (SSSR count). The van der Waals surface area contributed by atoms with Crippen LogP contribution in [0.5, 0.6) is 0 Å². The van der Waals surface area contributed by atoms with E-state index in [1.165, 1.54) is 0 Å². The van der Waals surface area contributed by atoms with E-state index in [0.717, 1.165) is 24.8 Å². The van der Waals surface area contributed by atoms with Crippen molar-refractivity contribution >= 4 is 0 Å². The topological polar surface area (TPSA) is 49.7 Å². The Morgan fingerprint density at radius 3 is 2.53 bits per heavy atom. The Kier molecular flexibility index (Phi) is 2.91. The molecule has 0 radical (unpaired) electrons. The maximum Gasteiger partial charge on any atom is 0.0718 e. The zero-order valence-corrected chi connectivity index (χ0v) is 12.2. The number of aliphatic hydroxyl groups excluding tert-OH is 2. The zero-order valence-electron chi connectivity index (χ0n) is 12.2. The fourth-order valence-corrected chi connectivity index (χ4v) is 5.14. The van der Waals surface area contributed by atoms with Crippen molar-refractivity contribution < 1.29 is 14.9 Å². The van der Waals surface area contributed by atoms with Crippen LogP contribution in [0.3, 0.4) is 0 Å². The van der Waals surface area contributed by atoms with Crippen LogP contribution in [-0.4, -0.2) is 35.1 Å². The molecule has 3 nitrogen and oxygen atoms in total. The third kappa shape index (κ3) is 1.50. The summed E-state index contributed by atoms with van der Waals surface area (Å²) in [6.07, 6.45) is 1.91. The van der Waals surface area contributed by atoms with Gasteiger partial charge in [0.1, 0.15) is 0 Å². The molecule has 6 unspecified atom stereocenters. The van der Waals surface area contributed by atoms with Crippen molar-refractivity contribution in [1.82, 2.24) is 0 Å². The Morgan fingerprint density at radius 2 is 1.95 bits per heavy atom. The van der Waals surface area contributed by atoms with Crippen molar-refractivity contribution in [1.29, 1.82) is 0 Å². The normalized spacial score (nSPS) is 57.7. The lowest BCUT2D eigenvalue weighted by atomic mass is 9.60. The summed E-state index contributed by atoms with van der Waals surface area (Å²) in [6.45, 7) is 11.2. The summed E-state index contributed by atoms with van der Waals surface area (Å²) >= 11 is 0. The van der Waals surface area contributed by atoms with Crippen LogP contribution in [0.25, 0.3) is 0 Å². The predicted molar refractivity (Wildman–Crippen MR) is 73.6 cm³/mol. The highest BCUT2D eigenvalue weighted by molar-refractivity contribution is 5.28. The van der Waals surface area contributed by atoms with Crippen LogP contribution in [0, 0.1) is 22.7 Å². The maximum atomic E-state index is 11.1. The van der Waals surface area contributed by atoms with Crippen LogP contribution in [0.2, 0.25) is 0 Å². The molecule has 1 saturated heterocycles. The third-order valence-corrected chi connectivity index (χ3v) is 6.68. The molecule has 3 heteroatoms. The molecule has 0 aromatic carbocycles. The van der Waals surface area contributed by atoms with Crippen LogP contribution in [0.15, 0.2) is 12.2 Å². The second kappa shape index (κ2) is 4.06. The van der Waals surface area contributed by atoms with Gasteiger partial charge in [-0.3, -0.25) is 0 Å². The molecule has 1 heterocycles. The molecule has 1 spiro atoms. The lowest BCUT2D eigenvalue weighted by Gasteiger charge is -2.47. The Labute approximate surface area is 115 Å². The fraction of sp³-hybridized carbons (Fsp3) is 0.875. The molecule has 2 saturated carbocycles. The molecule has 0 aromatic heterocycles. The predicted octanol–water partition coefficient (Wildman–Crippen LogP) is 2.13. The minimum absolute atomic E-state index is 0.0294. The smallest absolute Gasteiger partial charge is 0.0718 e. The average molecular weight is 266 g/mol. The molecule has 19 heavy (non-hydrogen) atoms. The van der Waals surface area contributed by atoms with E-state index < -0.39 is 6.10 Å². The van der Waals surface area contributed by atoms with Gasteiger partial charge in [-0.1, -0.05) is 20.4 Å². The summed E-state index contributed by atoms with van der Waals surface area (Å²) in [6, 6.07) is 0. The van der Waals surface area contributed by atoms with Gasteiger partial charge in [0.15, 0.2) is 0 Å². The van der Waals surface area contributed by atoms with E-state index in [1.807, 2.05) is 0 Å². The minimum atomic E-state index is -0.405. The number of hydrogen-bond acceptors (Lipinski definition) is 3. The first-order chi connectivity index (χ1) is 8.83. The second-order valence-electron chi connectivity index (χ2n) is 7.29. The molecule has 7 atom stereocenters. The molecule has 1 aliphatic heterocycles. The Morgan fingerprint density at radius 1 is 1.26 bits per heavy atom. The van der Waals surface area contributed by atoms with Gasteiger partial charge in [-0.05, 0) is 43.6 Å². The van der Waals surface area contributed by atoms with E-state index in [4.69, 9.17) is 4.74 Å². The summed E-state index contributed by atoms with van der Waals surface area (Å²) in [5.41, 5.74) is 0.631. The SMILES string of the molecule is C=C1CO[C@H](C)C12CC1CC(O)CC(C)C1(C)C2O. The number of hydrogen-bond donors (Lipinski definition) is 2. The van der Waals surface area contributed by atoms with Gasteiger partial charge < -0.3 is 14.9 Å². The highest BCUT2D eigenvalue weighted by Gasteiger charge is 2.67.